The van der Waals surface area contributed by atoms with E-state index in [2.05, 4.69) is 18.2 Å². The van der Waals surface area contributed by atoms with Gasteiger partial charge in [-0.3, -0.25) is 14.4 Å². The van der Waals surface area contributed by atoms with E-state index in [1.807, 2.05) is 15.9 Å². The van der Waals surface area contributed by atoms with Gasteiger partial charge >= 0.3 is 0 Å². The second-order valence-corrected chi connectivity index (χ2v) is 9.45. The molecule has 0 radical (unpaired) electrons. The van der Waals surface area contributed by atoms with Crippen LogP contribution in [0.1, 0.15) is 47.4 Å². The van der Waals surface area contributed by atoms with Crippen LogP contribution in [0.4, 0.5) is 0 Å². The van der Waals surface area contributed by atoms with Crippen LogP contribution in [0.5, 0.6) is 0 Å². The molecule has 33 heavy (non-hydrogen) atoms. The summed E-state index contributed by atoms with van der Waals surface area (Å²) in [5.74, 6) is 0.327. The molecule has 1 aromatic carbocycles. The Bertz CT molecular complexity index is 1010. The summed E-state index contributed by atoms with van der Waals surface area (Å²) < 4.78 is 5.24. The number of nitrogens with zero attached hydrogens (tertiary/aromatic N) is 3. The van der Waals surface area contributed by atoms with Crippen LogP contribution in [-0.2, 0) is 22.6 Å². The number of piperidine rings is 2. The first-order chi connectivity index (χ1) is 16.1. The highest BCUT2D eigenvalue weighted by atomic mass is 16.3. The lowest BCUT2D eigenvalue weighted by atomic mass is 9.91. The third kappa shape index (κ3) is 4.54. The Morgan fingerprint density at radius 3 is 2.27 bits per heavy atom. The molecule has 0 unspecified atom stereocenters. The van der Waals surface area contributed by atoms with Crippen LogP contribution < -0.4 is 0 Å². The molecule has 7 heteroatoms. The van der Waals surface area contributed by atoms with Crippen molar-refractivity contribution in [3.05, 3.63) is 59.5 Å². The number of hydrogen-bond donors (Lipinski definition) is 0. The van der Waals surface area contributed by atoms with Crippen LogP contribution in [0, 0.1) is 11.8 Å². The molecule has 2 aromatic rings. The zero-order valence-corrected chi connectivity index (χ0v) is 18.9. The lowest BCUT2D eigenvalue weighted by molar-refractivity contribution is -0.143. The molecule has 3 aliphatic rings. The van der Waals surface area contributed by atoms with Gasteiger partial charge in [-0.15, -0.1) is 0 Å². The van der Waals surface area contributed by atoms with Gasteiger partial charge < -0.3 is 19.1 Å². The van der Waals surface area contributed by atoms with Crippen molar-refractivity contribution in [2.24, 2.45) is 11.8 Å². The average molecular weight is 450 g/mol. The van der Waals surface area contributed by atoms with Crippen LogP contribution >= 0.6 is 0 Å². The average Bonchev–Trinajstić information content (AvgIpc) is 3.42. The third-order valence-corrected chi connectivity index (χ3v) is 7.39. The maximum atomic E-state index is 13.2. The summed E-state index contributed by atoms with van der Waals surface area (Å²) in [7, 11) is 0. The largest absolute Gasteiger partial charge is 0.459 e. The standard InChI is InChI=1S/C26H31N3O4/c30-24(29-15-9-19-5-1-2-6-21(19)17-29)20-10-13-27(14-11-20)25(31)22-7-3-12-28(18-22)26(32)23-8-4-16-33-23/h1-2,4-6,8,16,20,22H,3,7,9-15,17-18H2/t22-/m0/s1. The van der Waals surface area contributed by atoms with Crippen LogP contribution in [0.25, 0.3) is 0 Å². The van der Waals surface area contributed by atoms with Crippen molar-refractivity contribution in [1.82, 2.24) is 14.7 Å². The van der Waals surface area contributed by atoms with Gasteiger partial charge in [-0.25, -0.2) is 0 Å². The number of fused-ring (bicyclic) bond motifs is 1. The molecular weight excluding hydrogens is 418 g/mol. The van der Waals surface area contributed by atoms with Crippen LogP contribution in [-0.4, -0.2) is 65.1 Å². The third-order valence-electron chi connectivity index (χ3n) is 7.39. The smallest absolute Gasteiger partial charge is 0.289 e. The van der Waals surface area contributed by atoms with Gasteiger partial charge in [-0.05, 0) is 55.4 Å². The summed E-state index contributed by atoms with van der Waals surface area (Å²) in [6, 6.07) is 11.7. The molecule has 3 aliphatic heterocycles. The number of likely N-dealkylation sites (tertiary alicyclic amines) is 2. The lowest BCUT2D eigenvalue weighted by Gasteiger charge is -2.39. The molecule has 174 valence electrons. The van der Waals surface area contributed by atoms with E-state index in [4.69, 9.17) is 4.42 Å². The first kappa shape index (κ1) is 21.7. The topological polar surface area (TPSA) is 74.1 Å². The first-order valence-corrected chi connectivity index (χ1v) is 12.1. The number of furan rings is 1. The molecule has 0 bridgehead atoms. The van der Waals surface area contributed by atoms with Crippen molar-refractivity contribution in [2.75, 3.05) is 32.7 Å². The van der Waals surface area contributed by atoms with Crippen LogP contribution in [0.15, 0.2) is 47.1 Å². The molecule has 0 N–H and O–H groups in total. The SMILES string of the molecule is O=C(c1ccco1)N1CCC[C@H](C(=O)N2CCC(C(=O)N3CCc4ccccc4C3)CC2)C1. The van der Waals surface area contributed by atoms with E-state index in [1.165, 1.54) is 17.4 Å². The second-order valence-electron chi connectivity index (χ2n) is 9.45. The van der Waals surface area contributed by atoms with E-state index in [-0.39, 0.29) is 29.6 Å². The zero-order chi connectivity index (χ0) is 22.8. The number of carbonyl (C=O) groups excluding carboxylic acids is 3. The highest BCUT2D eigenvalue weighted by molar-refractivity contribution is 5.92. The molecule has 5 rings (SSSR count). The molecule has 2 fully saturated rings. The Labute approximate surface area is 194 Å². The zero-order valence-electron chi connectivity index (χ0n) is 18.9. The molecule has 0 aliphatic carbocycles. The van der Waals surface area contributed by atoms with Gasteiger partial charge in [-0.1, -0.05) is 24.3 Å². The molecule has 2 saturated heterocycles. The molecule has 4 heterocycles. The quantitative estimate of drug-likeness (QED) is 0.722. The van der Waals surface area contributed by atoms with E-state index >= 15 is 0 Å². The van der Waals surface area contributed by atoms with Crippen molar-refractivity contribution in [3.8, 4) is 0 Å². The predicted octanol–water partition coefficient (Wildman–Crippen LogP) is 2.96. The van der Waals surface area contributed by atoms with Crippen molar-refractivity contribution >= 4 is 17.7 Å². The van der Waals surface area contributed by atoms with E-state index < -0.39 is 0 Å². The van der Waals surface area contributed by atoms with Gasteiger partial charge in [-0.2, -0.15) is 0 Å². The number of amides is 3. The van der Waals surface area contributed by atoms with Gasteiger partial charge in [0, 0.05) is 45.2 Å². The minimum atomic E-state index is -0.177. The molecule has 7 nitrogen and oxygen atoms in total. The highest BCUT2D eigenvalue weighted by Crippen LogP contribution is 2.27. The number of benzene rings is 1. The summed E-state index contributed by atoms with van der Waals surface area (Å²) in [6.07, 6.45) is 5.44. The summed E-state index contributed by atoms with van der Waals surface area (Å²) >= 11 is 0. The molecule has 0 spiro atoms. The Hall–Kier alpha value is -3.09. The maximum absolute atomic E-state index is 13.2. The first-order valence-electron chi connectivity index (χ1n) is 12.1. The molecule has 3 amide bonds. The van der Waals surface area contributed by atoms with E-state index in [9.17, 15) is 14.4 Å². The predicted molar refractivity (Wildman–Crippen MR) is 122 cm³/mol. The lowest BCUT2D eigenvalue weighted by Crippen LogP contribution is -2.50. The minimum absolute atomic E-state index is 0.0114. The van der Waals surface area contributed by atoms with Gasteiger partial charge in [0.2, 0.25) is 11.8 Å². The fraction of sp³-hybridized carbons (Fsp3) is 0.500. The number of carbonyl (C=O) groups is 3. The molecule has 1 aromatic heterocycles. The van der Waals surface area contributed by atoms with Gasteiger partial charge in [0.15, 0.2) is 5.76 Å². The summed E-state index contributed by atoms with van der Waals surface area (Å²) in [5.41, 5.74) is 2.59. The summed E-state index contributed by atoms with van der Waals surface area (Å²) in [5, 5.41) is 0. The summed E-state index contributed by atoms with van der Waals surface area (Å²) in [6.45, 7) is 3.78. The van der Waals surface area contributed by atoms with E-state index in [0.717, 1.165) is 25.8 Å². The monoisotopic (exact) mass is 449 g/mol. The Morgan fingerprint density at radius 2 is 1.52 bits per heavy atom. The Morgan fingerprint density at radius 1 is 0.758 bits per heavy atom. The fourth-order valence-electron chi connectivity index (χ4n) is 5.47. The molecular formula is C26H31N3O4. The number of hydrogen-bond acceptors (Lipinski definition) is 4. The normalized spacial score (nSPS) is 21.6. The van der Waals surface area contributed by atoms with Crippen LogP contribution in [0.3, 0.4) is 0 Å². The van der Waals surface area contributed by atoms with Crippen molar-refractivity contribution in [1.29, 1.82) is 0 Å². The fourth-order valence-corrected chi connectivity index (χ4v) is 5.47. The van der Waals surface area contributed by atoms with Gasteiger partial charge in [0.1, 0.15) is 0 Å². The molecule has 1 atom stereocenters. The number of rotatable bonds is 3. The highest BCUT2D eigenvalue weighted by Gasteiger charge is 2.36. The van der Waals surface area contributed by atoms with Crippen molar-refractivity contribution in [2.45, 2.75) is 38.6 Å². The van der Waals surface area contributed by atoms with E-state index in [0.29, 0.717) is 51.3 Å². The Balaban J connectivity index is 1.14. The molecule has 0 saturated carbocycles. The van der Waals surface area contributed by atoms with Crippen molar-refractivity contribution in [3.63, 3.8) is 0 Å². The van der Waals surface area contributed by atoms with Crippen molar-refractivity contribution < 1.29 is 18.8 Å². The summed E-state index contributed by atoms with van der Waals surface area (Å²) in [4.78, 5) is 44.6. The van der Waals surface area contributed by atoms with Gasteiger partial charge in [0.25, 0.3) is 5.91 Å². The van der Waals surface area contributed by atoms with Gasteiger partial charge in [0.05, 0.1) is 12.2 Å². The minimum Gasteiger partial charge on any atom is -0.459 e. The maximum Gasteiger partial charge on any atom is 0.289 e. The van der Waals surface area contributed by atoms with E-state index in [1.54, 1.807) is 17.0 Å². The second kappa shape index (κ2) is 9.41. The Kier molecular flexibility index (Phi) is 6.20. The van der Waals surface area contributed by atoms with Crippen LogP contribution in [0.2, 0.25) is 0 Å².